The van der Waals surface area contributed by atoms with Crippen LogP contribution in [-0.2, 0) is 22.4 Å². The molecular weight excluding hydrogens is 494 g/mol. The molecule has 1 fully saturated rings. The minimum Gasteiger partial charge on any atom is -0.382 e. The maximum Gasteiger partial charge on any atom is 0.255 e. The molecule has 34 heavy (non-hydrogen) atoms. The fraction of sp³-hybridized carbons (Fsp3) is 0.375. The molecule has 1 aliphatic rings. The van der Waals surface area contributed by atoms with E-state index in [1.165, 1.54) is 27.6 Å². The summed E-state index contributed by atoms with van der Waals surface area (Å²) in [6.45, 7) is 0.433. The highest BCUT2D eigenvalue weighted by Crippen LogP contribution is 2.33. The number of halogens is 1. The lowest BCUT2D eigenvalue weighted by atomic mass is 10.0. The third kappa shape index (κ3) is 5.67. The predicted octanol–water partition coefficient (Wildman–Crippen LogP) is 3.62. The lowest BCUT2D eigenvalue weighted by Crippen LogP contribution is -2.47. The van der Waals surface area contributed by atoms with Gasteiger partial charge in [0.1, 0.15) is 6.10 Å². The number of nitrogens with two attached hydrogens (primary N) is 1. The summed E-state index contributed by atoms with van der Waals surface area (Å²) in [5.74, 6) is -1.22. The molecule has 1 amide bonds. The fourth-order valence-corrected chi connectivity index (χ4v) is 5.88. The lowest BCUT2D eigenvalue weighted by molar-refractivity contribution is -0.153. The number of likely N-dealkylation sites (tertiary alicyclic amines) is 1. The number of aromatic nitrogens is 1. The summed E-state index contributed by atoms with van der Waals surface area (Å²) >= 11 is 9.05. The van der Waals surface area contributed by atoms with Gasteiger partial charge in [0.25, 0.3) is 5.91 Å². The van der Waals surface area contributed by atoms with Gasteiger partial charge >= 0.3 is 0 Å². The number of hydrogen-bond donors (Lipinski definition) is 3. The van der Waals surface area contributed by atoms with E-state index < -0.39 is 23.9 Å². The summed E-state index contributed by atoms with van der Waals surface area (Å²) in [6, 6.07) is 9.38. The van der Waals surface area contributed by atoms with E-state index in [4.69, 9.17) is 17.3 Å². The van der Waals surface area contributed by atoms with Gasteiger partial charge in [-0.15, -0.1) is 22.7 Å². The largest absolute Gasteiger partial charge is 0.382 e. The van der Waals surface area contributed by atoms with Crippen molar-refractivity contribution in [1.82, 2.24) is 9.88 Å². The van der Waals surface area contributed by atoms with Crippen LogP contribution in [0.3, 0.4) is 0 Å². The molecule has 1 aromatic carbocycles. The van der Waals surface area contributed by atoms with Crippen molar-refractivity contribution >= 4 is 51.1 Å². The number of thiophene rings is 1. The van der Waals surface area contributed by atoms with Crippen molar-refractivity contribution in [2.45, 2.75) is 50.4 Å². The van der Waals surface area contributed by atoms with Gasteiger partial charge in [-0.25, -0.2) is 4.98 Å². The van der Waals surface area contributed by atoms with Crippen molar-refractivity contribution in [3.05, 3.63) is 67.8 Å². The summed E-state index contributed by atoms with van der Waals surface area (Å²) in [5.41, 5.74) is 8.51. The average molecular weight is 520 g/mol. The second kappa shape index (κ2) is 11.0. The molecule has 0 saturated carbocycles. The van der Waals surface area contributed by atoms with Crippen LogP contribution in [0.4, 0.5) is 5.13 Å². The molecule has 0 spiro atoms. The van der Waals surface area contributed by atoms with Crippen molar-refractivity contribution in [1.29, 1.82) is 0 Å². The number of benzene rings is 1. The highest BCUT2D eigenvalue weighted by atomic mass is 35.5. The molecule has 4 N–H and O–H groups in total. The van der Waals surface area contributed by atoms with Crippen LogP contribution in [0.2, 0.25) is 5.02 Å². The molecule has 3 heterocycles. The van der Waals surface area contributed by atoms with Gasteiger partial charge < -0.3 is 20.8 Å². The third-order valence-electron chi connectivity index (χ3n) is 5.98. The number of amides is 1. The van der Waals surface area contributed by atoms with Gasteiger partial charge in [-0.1, -0.05) is 29.8 Å². The lowest BCUT2D eigenvalue weighted by Gasteiger charge is -2.27. The second-order valence-corrected chi connectivity index (χ2v) is 10.6. The van der Waals surface area contributed by atoms with Crippen LogP contribution in [0, 0.1) is 0 Å². The van der Waals surface area contributed by atoms with Crippen LogP contribution in [-0.4, -0.2) is 50.5 Å². The molecule has 0 unspecified atom stereocenters. The number of carbonyl (C=O) groups is 2. The maximum atomic E-state index is 12.9. The smallest absolute Gasteiger partial charge is 0.255 e. The number of ketones is 1. The van der Waals surface area contributed by atoms with Crippen molar-refractivity contribution in [2.24, 2.45) is 0 Å². The van der Waals surface area contributed by atoms with E-state index in [9.17, 15) is 19.8 Å². The molecule has 4 rings (SSSR count). The van der Waals surface area contributed by atoms with Crippen molar-refractivity contribution in [3.8, 4) is 0 Å². The molecule has 3 aromatic rings. The van der Waals surface area contributed by atoms with Crippen LogP contribution in [0.15, 0.2) is 41.1 Å². The van der Waals surface area contributed by atoms with Gasteiger partial charge in [-0.2, -0.15) is 0 Å². The van der Waals surface area contributed by atoms with Crippen LogP contribution in [0.1, 0.15) is 47.0 Å². The summed E-state index contributed by atoms with van der Waals surface area (Å²) in [6.07, 6.45) is -0.972. The molecule has 0 radical (unpaired) electrons. The van der Waals surface area contributed by atoms with Crippen LogP contribution < -0.4 is 5.73 Å². The molecule has 2 aromatic heterocycles. The Morgan fingerprint density at radius 2 is 2.00 bits per heavy atom. The molecule has 180 valence electrons. The second-order valence-electron chi connectivity index (χ2n) is 8.35. The summed E-state index contributed by atoms with van der Waals surface area (Å²) in [7, 11) is 0. The van der Waals surface area contributed by atoms with Gasteiger partial charge in [-0.3, -0.25) is 9.59 Å². The Balaban J connectivity index is 1.31. The molecule has 1 saturated heterocycles. The summed E-state index contributed by atoms with van der Waals surface area (Å²) in [5, 5.41) is 25.8. The fourth-order valence-electron chi connectivity index (χ4n) is 4.18. The standard InChI is InChI=1S/C24H26ClN3O4S2/c25-17-5-2-1-4-15(17)10-14-11-16(33-12-14)7-8-20(29)21(30)22(31)23(32)28-9-3-6-19(28)18-13-34-24(26)27-18/h1-2,4-5,11-13,19,21-22,30-31H,3,6-10H2,(H2,26,27)/t19-,21+,22-/m1/s1. The van der Waals surface area contributed by atoms with E-state index in [0.717, 1.165) is 22.4 Å². The van der Waals surface area contributed by atoms with Crippen molar-refractivity contribution < 1.29 is 19.8 Å². The molecule has 3 atom stereocenters. The normalized spacial score (nSPS) is 17.6. The Morgan fingerprint density at radius 3 is 2.74 bits per heavy atom. The first-order valence-corrected chi connectivity index (χ1v) is 13.2. The summed E-state index contributed by atoms with van der Waals surface area (Å²) < 4.78 is 0. The Morgan fingerprint density at radius 1 is 1.21 bits per heavy atom. The number of hydrogen-bond acceptors (Lipinski definition) is 8. The zero-order valence-corrected chi connectivity index (χ0v) is 20.8. The van der Waals surface area contributed by atoms with Crippen molar-refractivity contribution in [3.63, 3.8) is 0 Å². The van der Waals surface area contributed by atoms with Gasteiger partial charge in [0.15, 0.2) is 17.0 Å². The molecule has 0 aliphatic carbocycles. The average Bonchev–Trinajstić information content (AvgIpc) is 3.58. The molecule has 0 bridgehead atoms. The van der Waals surface area contributed by atoms with Gasteiger partial charge in [0.2, 0.25) is 0 Å². The first-order chi connectivity index (χ1) is 16.3. The van der Waals surface area contributed by atoms with Crippen LogP contribution >= 0.6 is 34.3 Å². The first kappa shape index (κ1) is 24.8. The monoisotopic (exact) mass is 519 g/mol. The van der Waals surface area contributed by atoms with Crippen LogP contribution in [0.25, 0.3) is 0 Å². The number of aliphatic hydroxyl groups is 2. The zero-order valence-electron chi connectivity index (χ0n) is 18.4. The molecule has 1 aliphatic heterocycles. The molecular formula is C24H26ClN3O4S2. The number of nitrogens with zero attached hydrogens (tertiary/aromatic N) is 2. The Bertz CT molecular complexity index is 1160. The van der Waals surface area contributed by atoms with E-state index >= 15 is 0 Å². The number of anilines is 1. The van der Waals surface area contributed by atoms with Crippen molar-refractivity contribution in [2.75, 3.05) is 12.3 Å². The zero-order chi connectivity index (χ0) is 24.2. The van der Waals surface area contributed by atoms with E-state index in [-0.39, 0.29) is 12.5 Å². The van der Waals surface area contributed by atoms with E-state index in [1.807, 2.05) is 35.7 Å². The molecule has 7 nitrogen and oxygen atoms in total. The van der Waals surface area contributed by atoms with Gasteiger partial charge in [0.05, 0.1) is 11.7 Å². The van der Waals surface area contributed by atoms with Gasteiger partial charge in [-0.05, 0) is 54.3 Å². The number of nitrogen functional groups attached to an aromatic ring is 1. The highest BCUT2D eigenvalue weighted by molar-refractivity contribution is 7.13. The third-order valence-corrected chi connectivity index (χ3v) is 8.08. The van der Waals surface area contributed by atoms with E-state index in [0.29, 0.717) is 41.7 Å². The predicted molar refractivity (Wildman–Crippen MR) is 134 cm³/mol. The number of thiazole rings is 1. The number of aliphatic hydroxyl groups excluding tert-OH is 2. The van der Waals surface area contributed by atoms with Crippen LogP contribution in [0.5, 0.6) is 0 Å². The quantitative estimate of drug-likeness (QED) is 0.397. The topological polar surface area (TPSA) is 117 Å². The van der Waals surface area contributed by atoms with E-state index in [1.54, 1.807) is 5.38 Å². The SMILES string of the molecule is Nc1nc([C@H]2CCCN2C(=O)[C@H](O)[C@@H](O)C(=O)CCc2cc(Cc3ccccc3Cl)cs2)cs1. The Kier molecular flexibility index (Phi) is 8.00. The minimum atomic E-state index is -1.80. The first-order valence-electron chi connectivity index (χ1n) is 11.0. The number of aryl methyl sites for hydroxylation is 1. The number of Topliss-reactive ketones (excluding diaryl/α,β-unsaturated/α-hetero) is 1. The Labute approximate surface area is 210 Å². The maximum absolute atomic E-state index is 12.9. The minimum absolute atomic E-state index is 0.0314. The molecule has 10 heteroatoms. The van der Waals surface area contributed by atoms with E-state index in [2.05, 4.69) is 4.98 Å². The highest BCUT2D eigenvalue weighted by Gasteiger charge is 2.38. The number of carbonyl (C=O) groups excluding carboxylic acids is 2. The Hall–Kier alpha value is -2.30. The summed E-state index contributed by atoms with van der Waals surface area (Å²) in [4.78, 5) is 32.1. The number of rotatable bonds is 9. The van der Waals surface area contributed by atoms with Gasteiger partial charge in [0, 0.05) is 28.2 Å².